The van der Waals surface area contributed by atoms with Gasteiger partial charge in [0.15, 0.2) is 0 Å². The Labute approximate surface area is 135 Å². The highest BCUT2D eigenvalue weighted by Gasteiger charge is 2.27. The molecular weight excluding hydrogens is 363 g/mol. The standard InChI is InChI=1S/C16H23IN2O/c1-2-11-19(15-9-7-14(18)8-10-15)16(20)12-3-5-13(17)6-4-12/h3-6,14-15H,2,7-11,18H2,1H3. The van der Waals surface area contributed by atoms with E-state index in [4.69, 9.17) is 5.73 Å². The van der Waals surface area contributed by atoms with E-state index in [-0.39, 0.29) is 5.91 Å². The van der Waals surface area contributed by atoms with Gasteiger partial charge >= 0.3 is 0 Å². The van der Waals surface area contributed by atoms with Crippen LogP contribution in [0.3, 0.4) is 0 Å². The number of carbonyl (C=O) groups is 1. The molecule has 0 heterocycles. The second-order valence-corrected chi connectivity index (χ2v) is 6.82. The lowest BCUT2D eigenvalue weighted by molar-refractivity contribution is 0.0626. The molecule has 0 saturated heterocycles. The van der Waals surface area contributed by atoms with Crippen LogP contribution < -0.4 is 5.73 Å². The molecule has 0 atom stereocenters. The smallest absolute Gasteiger partial charge is 0.254 e. The first-order chi connectivity index (χ1) is 9.61. The van der Waals surface area contributed by atoms with E-state index in [2.05, 4.69) is 34.4 Å². The van der Waals surface area contributed by atoms with Crippen molar-refractivity contribution in [3.05, 3.63) is 33.4 Å². The van der Waals surface area contributed by atoms with Gasteiger partial charge in [-0.25, -0.2) is 0 Å². The fraction of sp³-hybridized carbons (Fsp3) is 0.562. The minimum absolute atomic E-state index is 0.170. The summed E-state index contributed by atoms with van der Waals surface area (Å²) in [5.74, 6) is 0.170. The fourth-order valence-electron chi connectivity index (χ4n) is 2.86. The topological polar surface area (TPSA) is 46.3 Å². The lowest BCUT2D eigenvalue weighted by atomic mass is 9.90. The van der Waals surface area contributed by atoms with E-state index in [0.29, 0.717) is 12.1 Å². The molecule has 0 aliphatic heterocycles. The van der Waals surface area contributed by atoms with Gasteiger partial charge in [0.1, 0.15) is 0 Å². The molecule has 20 heavy (non-hydrogen) atoms. The minimum Gasteiger partial charge on any atom is -0.336 e. The van der Waals surface area contributed by atoms with E-state index >= 15 is 0 Å². The molecule has 0 bridgehead atoms. The monoisotopic (exact) mass is 386 g/mol. The molecule has 2 N–H and O–H groups in total. The molecule has 0 radical (unpaired) electrons. The van der Waals surface area contributed by atoms with Gasteiger partial charge in [-0.3, -0.25) is 4.79 Å². The summed E-state index contributed by atoms with van der Waals surface area (Å²) in [4.78, 5) is 14.8. The second kappa shape index (κ2) is 7.41. The lowest BCUT2D eigenvalue weighted by Crippen LogP contribution is -2.44. The van der Waals surface area contributed by atoms with E-state index < -0.39 is 0 Å². The zero-order chi connectivity index (χ0) is 14.5. The SMILES string of the molecule is CCCN(C(=O)c1ccc(I)cc1)C1CCC(N)CC1. The molecule has 110 valence electrons. The van der Waals surface area contributed by atoms with E-state index in [1.807, 2.05) is 24.3 Å². The maximum atomic E-state index is 12.7. The van der Waals surface area contributed by atoms with Gasteiger partial charge in [-0.15, -0.1) is 0 Å². The van der Waals surface area contributed by atoms with Crippen LogP contribution in [0.1, 0.15) is 49.4 Å². The summed E-state index contributed by atoms with van der Waals surface area (Å²) in [7, 11) is 0. The average Bonchev–Trinajstić information content (AvgIpc) is 2.46. The Morgan fingerprint density at radius 2 is 1.85 bits per heavy atom. The first-order valence-electron chi connectivity index (χ1n) is 7.44. The molecule has 0 spiro atoms. The van der Waals surface area contributed by atoms with Crippen molar-refractivity contribution in [2.24, 2.45) is 5.73 Å². The number of nitrogens with two attached hydrogens (primary N) is 1. The van der Waals surface area contributed by atoms with Gasteiger partial charge in [0, 0.05) is 27.8 Å². The summed E-state index contributed by atoms with van der Waals surface area (Å²) in [5.41, 5.74) is 6.77. The number of hydrogen-bond donors (Lipinski definition) is 1. The number of rotatable bonds is 4. The van der Waals surface area contributed by atoms with Crippen molar-refractivity contribution in [1.82, 2.24) is 4.90 Å². The third kappa shape index (κ3) is 3.95. The van der Waals surface area contributed by atoms with Crippen LogP contribution in [0.15, 0.2) is 24.3 Å². The largest absolute Gasteiger partial charge is 0.336 e. The van der Waals surface area contributed by atoms with E-state index in [1.165, 1.54) is 0 Å². The summed E-state index contributed by atoms with van der Waals surface area (Å²) in [5, 5.41) is 0. The van der Waals surface area contributed by atoms with Gasteiger partial charge in [-0.1, -0.05) is 6.92 Å². The first kappa shape index (κ1) is 15.8. The van der Waals surface area contributed by atoms with Crippen LogP contribution >= 0.6 is 22.6 Å². The van der Waals surface area contributed by atoms with Crippen molar-refractivity contribution in [2.45, 2.75) is 51.1 Å². The van der Waals surface area contributed by atoms with Gasteiger partial charge in [0.2, 0.25) is 0 Å². The Balaban J connectivity index is 2.11. The maximum absolute atomic E-state index is 12.7. The van der Waals surface area contributed by atoms with Crippen LogP contribution in [0.25, 0.3) is 0 Å². The zero-order valence-corrected chi connectivity index (χ0v) is 14.2. The van der Waals surface area contributed by atoms with Gasteiger partial charge in [-0.05, 0) is 79.0 Å². The van der Waals surface area contributed by atoms with Crippen LogP contribution in [-0.2, 0) is 0 Å². The quantitative estimate of drug-likeness (QED) is 0.807. The van der Waals surface area contributed by atoms with Crippen molar-refractivity contribution < 1.29 is 4.79 Å². The minimum atomic E-state index is 0.170. The van der Waals surface area contributed by atoms with Crippen LogP contribution in [-0.4, -0.2) is 29.4 Å². The Bertz CT molecular complexity index is 438. The number of carbonyl (C=O) groups excluding carboxylic acids is 1. The van der Waals surface area contributed by atoms with Crippen LogP contribution in [0.5, 0.6) is 0 Å². The van der Waals surface area contributed by atoms with Crippen LogP contribution in [0.2, 0.25) is 0 Å². The van der Waals surface area contributed by atoms with Crippen molar-refractivity contribution >= 4 is 28.5 Å². The molecule has 1 aromatic carbocycles. The molecule has 0 unspecified atom stereocenters. The van der Waals surface area contributed by atoms with Crippen LogP contribution in [0, 0.1) is 3.57 Å². The molecular formula is C16H23IN2O. The molecule has 1 fully saturated rings. The fourth-order valence-corrected chi connectivity index (χ4v) is 3.22. The molecule has 4 heteroatoms. The second-order valence-electron chi connectivity index (χ2n) is 5.57. The predicted molar refractivity (Wildman–Crippen MR) is 90.7 cm³/mol. The number of halogens is 1. The molecule has 1 aromatic rings. The average molecular weight is 386 g/mol. The summed E-state index contributed by atoms with van der Waals surface area (Å²) in [6, 6.07) is 8.54. The third-order valence-electron chi connectivity index (χ3n) is 4.00. The molecule has 0 aromatic heterocycles. The maximum Gasteiger partial charge on any atom is 0.254 e. The van der Waals surface area contributed by atoms with Gasteiger partial charge in [0.25, 0.3) is 5.91 Å². The van der Waals surface area contributed by atoms with E-state index in [9.17, 15) is 4.79 Å². The molecule has 3 nitrogen and oxygen atoms in total. The summed E-state index contributed by atoms with van der Waals surface area (Å²) in [6.07, 6.45) is 5.14. The van der Waals surface area contributed by atoms with E-state index in [0.717, 1.165) is 47.8 Å². The number of nitrogens with zero attached hydrogens (tertiary/aromatic N) is 1. The number of benzene rings is 1. The Morgan fingerprint density at radius 1 is 1.25 bits per heavy atom. The highest BCUT2D eigenvalue weighted by Crippen LogP contribution is 2.24. The summed E-state index contributed by atoms with van der Waals surface area (Å²) < 4.78 is 1.16. The normalized spacial score (nSPS) is 22.6. The zero-order valence-electron chi connectivity index (χ0n) is 12.0. The molecule has 1 aliphatic carbocycles. The number of hydrogen-bond acceptors (Lipinski definition) is 2. The number of amides is 1. The van der Waals surface area contributed by atoms with Crippen molar-refractivity contribution in [3.8, 4) is 0 Å². The predicted octanol–water partition coefficient (Wildman–Crippen LogP) is 3.41. The van der Waals surface area contributed by atoms with E-state index in [1.54, 1.807) is 0 Å². The van der Waals surface area contributed by atoms with Gasteiger partial charge < -0.3 is 10.6 Å². The Morgan fingerprint density at radius 3 is 2.40 bits per heavy atom. The summed E-state index contributed by atoms with van der Waals surface area (Å²) in [6.45, 7) is 2.97. The van der Waals surface area contributed by atoms with Gasteiger partial charge in [-0.2, -0.15) is 0 Å². The third-order valence-corrected chi connectivity index (χ3v) is 4.72. The van der Waals surface area contributed by atoms with Crippen LogP contribution in [0.4, 0.5) is 0 Å². The molecule has 1 aliphatic rings. The Hall–Kier alpha value is -0.620. The molecule has 1 amide bonds. The van der Waals surface area contributed by atoms with Gasteiger partial charge in [0.05, 0.1) is 0 Å². The lowest BCUT2D eigenvalue weighted by Gasteiger charge is -2.36. The molecule has 1 saturated carbocycles. The first-order valence-corrected chi connectivity index (χ1v) is 8.51. The highest BCUT2D eigenvalue weighted by atomic mass is 127. The summed E-state index contributed by atoms with van der Waals surface area (Å²) >= 11 is 2.26. The molecule has 2 rings (SSSR count). The highest BCUT2D eigenvalue weighted by molar-refractivity contribution is 14.1. The van der Waals surface area contributed by atoms with Crippen molar-refractivity contribution in [2.75, 3.05) is 6.54 Å². The van der Waals surface area contributed by atoms with Crippen molar-refractivity contribution in [3.63, 3.8) is 0 Å². The van der Waals surface area contributed by atoms with Crippen molar-refractivity contribution in [1.29, 1.82) is 0 Å². The Kier molecular flexibility index (Phi) is 5.84.